The molecule has 1 fully saturated rings. The third-order valence-corrected chi connectivity index (χ3v) is 14.4. The van der Waals surface area contributed by atoms with E-state index >= 15 is 4.79 Å². The number of benzene rings is 4. The number of aromatic nitrogens is 2. The summed E-state index contributed by atoms with van der Waals surface area (Å²) in [4.78, 5) is 50.2. The number of nitrogens with one attached hydrogen (secondary N) is 1. The van der Waals surface area contributed by atoms with Crippen molar-refractivity contribution in [3.63, 3.8) is 0 Å². The molecule has 0 unspecified atom stereocenters. The monoisotopic (exact) mass is 913 g/mol. The Balaban J connectivity index is 1.07. The summed E-state index contributed by atoms with van der Waals surface area (Å²) in [5.74, 6) is 0.304. The minimum atomic E-state index is -0.370. The van der Waals surface area contributed by atoms with Crippen molar-refractivity contribution in [3.05, 3.63) is 147 Å². The maximum absolute atomic E-state index is 15.4. The lowest BCUT2D eigenvalue weighted by Gasteiger charge is -2.36. The van der Waals surface area contributed by atoms with E-state index in [9.17, 15) is 25.1 Å². The average molecular weight is 914 g/mol. The zero-order valence-electron chi connectivity index (χ0n) is 39.5. The Kier molecular flexibility index (Phi) is 13.0. The summed E-state index contributed by atoms with van der Waals surface area (Å²) in [5.41, 5.74) is 11.0. The van der Waals surface area contributed by atoms with Gasteiger partial charge < -0.3 is 39.2 Å². The van der Waals surface area contributed by atoms with Gasteiger partial charge in [0.2, 0.25) is 5.91 Å². The quantitative estimate of drug-likeness (QED) is 0.112. The van der Waals surface area contributed by atoms with Gasteiger partial charge in [-0.3, -0.25) is 19.3 Å². The summed E-state index contributed by atoms with van der Waals surface area (Å²) < 4.78 is 9.81. The normalized spacial score (nSPS) is 16.2. The standard InChI is InChI=1S/C55H59N7O6/c1-34-26-38-8-6-7-9-40(38)33-62(34)55(67)49-29-41-32-61(50(65)27-37-10-16-46(17-11-37)68-25-24-60-21-19-45(64)20-22-60)23-18-39(41)28-48(49)53-52(47-30-43(31-56)58(4)35(47)2)51(36(3)59(53)5)54(66)57-42-12-14-44(63)15-13-42/h6-17,28-30,34,45,63-64H,18-27,32-33H2,1-5H3,(H,57,66)/t34-/m1/s1. The molecule has 1 saturated heterocycles. The highest BCUT2D eigenvalue weighted by molar-refractivity contribution is 6.14. The first-order chi connectivity index (χ1) is 32.8. The molecule has 1 atom stereocenters. The van der Waals surface area contributed by atoms with E-state index in [0.29, 0.717) is 89.7 Å². The molecular formula is C55H59N7O6. The predicted molar refractivity (Wildman–Crippen MR) is 261 cm³/mol. The van der Waals surface area contributed by atoms with Gasteiger partial charge in [-0.2, -0.15) is 5.26 Å². The van der Waals surface area contributed by atoms with E-state index in [1.165, 1.54) is 17.7 Å². The minimum absolute atomic E-state index is 0.00713. The molecule has 0 aliphatic carbocycles. The lowest BCUT2D eigenvalue weighted by molar-refractivity contribution is -0.131. The van der Waals surface area contributed by atoms with Gasteiger partial charge in [-0.1, -0.05) is 36.4 Å². The van der Waals surface area contributed by atoms with Crippen LogP contribution in [0.15, 0.2) is 91.0 Å². The lowest BCUT2D eigenvalue weighted by Crippen LogP contribution is -2.43. The molecule has 350 valence electrons. The van der Waals surface area contributed by atoms with Crippen LogP contribution in [0.2, 0.25) is 0 Å². The summed E-state index contributed by atoms with van der Waals surface area (Å²) in [6.45, 7) is 10.2. The number of ether oxygens (including phenoxy) is 1. The largest absolute Gasteiger partial charge is 0.508 e. The van der Waals surface area contributed by atoms with E-state index in [1.807, 2.05) is 95.4 Å². The highest BCUT2D eigenvalue weighted by atomic mass is 16.5. The Morgan fingerprint density at radius 1 is 0.824 bits per heavy atom. The number of piperidine rings is 1. The van der Waals surface area contributed by atoms with Gasteiger partial charge in [-0.25, -0.2) is 0 Å². The van der Waals surface area contributed by atoms with E-state index in [0.717, 1.165) is 66.2 Å². The van der Waals surface area contributed by atoms with Crippen molar-refractivity contribution < 1.29 is 29.3 Å². The Labute approximate surface area is 397 Å². The van der Waals surface area contributed by atoms with Crippen LogP contribution in [0, 0.1) is 25.2 Å². The van der Waals surface area contributed by atoms with E-state index in [4.69, 9.17) is 4.74 Å². The van der Waals surface area contributed by atoms with Gasteiger partial charge in [0.15, 0.2) is 0 Å². The van der Waals surface area contributed by atoms with Crippen molar-refractivity contribution in [2.75, 3.05) is 38.1 Å². The van der Waals surface area contributed by atoms with Crippen molar-refractivity contribution in [1.82, 2.24) is 23.8 Å². The fourth-order valence-corrected chi connectivity index (χ4v) is 10.2. The van der Waals surface area contributed by atoms with Crippen LogP contribution < -0.4 is 10.1 Å². The summed E-state index contributed by atoms with van der Waals surface area (Å²) in [5, 5.41) is 33.0. The number of phenols is 1. The Bertz CT molecular complexity index is 2940. The molecular weight excluding hydrogens is 855 g/mol. The van der Waals surface area contributed by atoms with Crippen molar-refractivity contribution >= 4 is 23.4 Å². The zero-order valence-corrected chi connectivity index (χ0v) is 39.5. The Morgan fingerprint density at radius 2 is 1.54 bits per heavy atom. The summed E-state index contributed by atoms with van der Waals surface area (Å²) in [6, 6.07) is 30.3. The van der Waals surface area contributed by atoms with Gasteiger partial charge in [0, 0.05) is 98.7 Å². The molecule has 68 heavy (non-hydrogen) atoms. The maximum Gasteiger partial charge on any atom is 0.258 e. The van der Waals surface area contributed by atoms with Gasteiger partial charge in [0.1, 0.15) is 29.9 Å². The third kappa shape index (κ3) is 9.14. The van der Waals surface area contributed by atoms with E-state index in [1.54, 1.807) is 12.1 Å². The molecule has 4 aromatic carbocycles. The summed E-state index contributed by atoms with van der Waals surface area (Å²) in [7, 11) is 3.74. The molecule has 2 aromatic heterocycles. The molecule has 0 saturated carbocycles. The minimum Gasteiger partial charge on any atom is -0.508 e. The fourth-order valence-electron chi connectivity index (χ4n) is 10.2. The number of amides is 3. The second-order valence-electron chi connectivity index (χ2n) is 18.7. The molecule has 3 amide bonds. The predicted octanol–water partition coefficient (Wildman–Crippen LogP) is 7.69. The molecule has 3 aliphatic rings. The number of aliphatic hydroxyl groups is 1. The molecule has 0 radical (unpaired) electrons. The maximum atomic E-state index is 15.4. The van der Waals surface area contributed by atoms with Crippen molar-refractivity contribution in [2.45, 2.75) is 78.1 Å². The Hall–Kier alpha value is -7.14. The van der Waals surface area contributed by atoms with Crippen molar-refractivity contribution in [1.29, 1.82) is 5.26 Å². The summed E-state index contributed by atoms with van der Waals surface area (Å²) >= 11 is 0. The van der Waals surface area contributed by atoms with Gasteiger partial charge in [0.05, 0.1) is 23.8 Å². The van der Waals surface area contributed by atoms with Gasteiger partial charge in [-0.05, 0) is 129 Å². The average Bonchev–Trinajstić information content (AvgIpc) is 3.78. The number of nitriles is 1. The molecule has 3 N–H and O–H groups in total. The van der Waals surface area contributed by atoms with Crippen molar-refractivity contribution in [2.24, 2.45) is 14.1 Å². The number of rotatable bonds is 11. The topological polar surface area (TPSA) is 156 Å². The van der Waals surface area contributed by atoms with Gasteiger partial charge in [0.25, 0.3) is 11.8 Å². The Morgan fingerprint density at radius 3 is 2.25 bits per heavy atom. The number of aromatic hydroxyl groups is 1. The molecule has 5 heterocycles. The van der Waals surface area contributed by atoms with Crippen LogP contribution in [0.3, 0.4) is 0 Å². The lowest BCUT2D eigenvalue weighted by atomic mass is 9.87. The molecule has 0 spiro atoms. The number of hydrogen-bond donors (Lipinski definition) is 3. The highest BCUT2D eigenvalue weighted by Gasteiger charge is 2.35. The van der Waals surface area contributed by atoms with Crippen LogP contribution >= 0.6 is 0 Å². The van der Waals surface area contributed by atoms with Crippen LogP contribution in [-0.2, 0) is 51.2 Å². The zero-order chi connectivity index (χ0) is 47.8. The smallest absolute Gasteiger partial charge is 0.258 e. The van der Waals surface area contributed by atoms with Crippen molar-refractivity contribution in [3.8, 4) is 40.0 Å². The fraction of sp³-hybridized carbons (Fsp3) is 0.345. The number of likely N-dealkylation sites (tertiary alicyclic amines) is 1. The molecule has 13 nitrogen and oxygen atoms in total. The number of fused-ring (bicyclic) bond motifs is 2. The number of carbonyl (C=O) groups is 3. The number of phenolic OH excluding ortho intramolecular Hbond substituents is 1. The van der Waals surface area contributed by atoms with Crippen LogP contribution in [0.1, 0.15) is 85.4 Å². The second kappa shape index (κ2) is 19.2. The number of anilines is 1. The second-order valence-corrected chi connectivity index (χ2v) is 18.7. The molecule has 0 bridgehead atoms. The van der Waals surface area contributed by atoms with Crippen LogP contribution in [0.5, 0.6) is 11.5 Å². The highest BCUT2D eigenvalue weighted by Crippen LogP contribution is 2.44. The number of carbonyl (C=O) groups excluding carboxylic acids is 3. The molecule has 9 rings (SSSR count). The first kappa shape index (κ1) is 46.0. The molecule has 3 aliphatic heterocycles. The SMILES string of the molecule is Cc1c(-c2c(C(=O)Nc3ccc(O)cc3)c(C)n(C)c2-c2cc3c(cc2C(=O)N2Cc4ccccc4C[C@H]2C)CN(C(=O)Cc2ccc(OCCN4CCC(O)CC4)cc2)CC3)cc(C#N)n1C. The third-order valence-electron chi connectivity index (χ3n) is 14.4. The van der Waals surface area contributed by atoms with E-state index < -0.39 is 0 Å². The molecule has 6 aromatic rings. The number of aliphatic hydroxyl groups excluding tert-OH is 1. The number of nitrogens with zero attached hydrogens (tertiary/aromatic N) is 6. The van der Waals surface area contributed by atoms with Crippen LogP contribution in [0.4, 0.5) is 5.69 Å². The molecule has 13 heteroatoms. The first-order valence-corrected chi connectivity index (χ1v) is 23.6. The van der Waals surface area contributed by atoms with Gasteiger partial charge >= 0.3 is 0 Å². The number of hydrogen-bond acceptors (Lipinski definition) is 8. The van der Waals surface area contributed by atoms with Crippen LogP contribution in [0.25, 0.3) is 22.4 Å². The summed E-state index contributed by atoms with van der Waals surface area (Å²) in [6.07, 6.45) is 2.87. The first-order valence-electron chi connectivity index (χ1n) is 23.6. The van der Waals surface area contributed by atoms with Gasteiger partial charge in [-0.15, -0.1) is 0 Å². The van der Waals surface area contributed by atoms with E-state index in [-0.39, 0.29) is 42.0 Å². The van der Waals surface area contributed by atoms with Crippen LogP contribution in [-0.4, -0.2) is 96.7 Å². The van der Waals surface area contributed by atoms with E-state index in [2.05, 4.69) is 41.4 Å².